The maximum Gasteiger partial charge on any atom is 0.0884 e. The van der Waals surface area contributed by atoms with Gasteiger partial charge in [-0.05, 0) is 26.3 Å². The van der Waals surface area contributed by atoms with Crippen molar-refractivity contribution >= 4 is 0 Å². The predicted octanol–water partition coefficient (Wildman–Crippen LogP) is 2.06. The smallest absolute Gasteiger partial charge is 0.0884 e. The summed E-state index contributed by atoms with van der Waals surface area (Å²) in [6.07, 6.45) is 5.26. The fourth-order valence-electron chi connectivity index (χ4n) is 1.71. The van der Waals surface area contributed by atoms with E-state index in [0.29, 0.717) is 0 Å². The van der Waals surface area contributed by atoms with Crippen LogP contribution in [0.1, 0.15) is 26.2 Å². The van der Waals surface area contributed by atoms with Crippen LogP contribution in [0.25, 0.3) is 0 Å². The summed E-state index contributed by atoms with van der Waals surface area (Å²) >= 11 is 0. The number of ether oxygens (including phenoxy) is 1. The monoisotopic (exact) mass is 183 g/mol. The van der Waals surface area contributed by atoms with Crippen molar-refractivity contribution in [3.05, 3.63) is 12.7 Å². The molecule has 1 saturated heterocycles. The van der Waals surface area contributed by atoms with E-state index in [1.807, 2.05) is 6.08 Å². The van der Waals surface area contributed by atoms with Gasteiger partial charge in [0.2, 0.25) is 0 Å². The molecule has 0 radical (unpaired) electrons. The van der Waals surface area contributed by atoms with Gasteiger partial charge in [0.1, 0.15) is 0 Å². The van der Waals surface area contributed by atoms with Gasteiger partial charge in [0, 0.05) is 19.7 Å². The minimum Gasteiger partial charge on any atom is -0.371 e. The largest absolute Gasteiger partial charge is 0.371 e. The van der Waals surface area contributed by atoms with Crippen molar-refractivity contribution in [3.8, 4) is 0 Å². The van der Waals surface area contributed by atoms with Crippen LogP contribution in [0.4, 0.5) is 0 Å². The van der Waals surface area contributed by atoms with Gasteiger partial charge in [0.05, 0.1) is 5.60 Å². The molecule has 0 amide bonds. The van der Waals surface area contributed by atoms with E-state index in [-0.39, 0.29) is 5.60 Å². The number of piperidine rings is 1. The van der Waals surface area contributed by atoms with Gasteiger partial charge < -0.3 is 9.64 Å². The van der Waals surface area contributed by atoms with Gasteiger partial charge in [0.15, 0.2) is 0 Å². The Kier molecular flexibility index (Phi) is 3.94. The summed E-state index contributed by atoms with van der Waals surface area (Å²) in [5, 5.41) is 0. The Labute approximate surface area is 81.6 Å². The molecule has 2 nitrogen and oxygen atoms in total. The average molecular weight is 183 g/mol. The third kappa shape index (κ3) is 2.82. The zero-order valence-electron chi connectivity index (χ0n) is 8.88. The van der Waals surface area contributed by atoms with E-state index < -0.39 is 0 Å². The van der Waals surface area contributed by atoms with Gasteiger partial charge >= 0.3 is 0 Å². The minimum atomic E-state index is -0.0253. The van der Waals surface area contributed by atoms with Crippen LogP contribution in [0.2, 0.25) is 0 Å². The molecule has 0 bridgehead atoms. The molecule has 13 heavy (non-hydrogen) atoms. The number of nitrogens with zero attached hydrogens (tertiary/aromatic N) is 1. The van der Waals surface area contributed by atoms with E-state index >= 15 is 0 Å². The fraction of sp³-hybridized carbons (Fsp3) is 0.818. The maximum atomic E-state index is 5.87. The molecule has 0 aromatic rings. The molecule has 0 atom stereocenters. The van der Waals surface area contributed by atoms with Crippen molar-refractivity contribution in [2.45, 2.75) is 31.8 Å². The number of likely N-dealkylation sites (tertiary alicyclic amines) is 1. The van der Waals surface area contributed by atoms with E-state index in [9.17, 15) is 0 Å². The molecule has 2 heteroatoms. The summed E-state index contributed by atoms with van der Waals surface area (Å²) in [6.45, 7) is 9.13. The van der Waals surface area contributed by atoms with Crippen LogP contribution in [-0.2, 0) is 4.74 Å². The average Bonchev–Trinajstić information content (AvgIpc) is 2.18. The third-order valence-electron chi connectivity index (χ3n) is 2.80. The minimum absolute atomic E-state index is 0.0253. The van der Waals surface area contributed by atoms with Crippen LogP contribution >= 0.6 is 0 Å². The summed E-state index contributed by atoms with van der Waals surface area (Å²) in [7, 11) is 2.16. The first-order chi connectivity index (χ1) is 6.22. The lowest BCUT2D eigenvalue weighted by Crippen LogP contribution is -2.43. The molecule has 76 valence electrons. The first-order valence-corrected chi connectivity index (χ1v) is 5.18. The van der Waals surface area contributed by atoms with Crippen molar-refractivity contribution in [2.24, 2.45) is 0 Å². The van der Waals surface area contributed by atoms with Crippen molar-refractivity contribution < 1.29 is 4.74 Å². The van der Waals surface area contributed by atoms with Gasteiger partial charge in [-0.15, -0.1) is 6.58 Å². The lowest BCUT2D eigenvalue weighted by Gasteiger charge is -2.38. The molecule has 0 N–H and O–H groups in total. The summed E-state index contributed by atoms with van der Waals surface area (Å²) in [5.41, 5.74) is -0.0253. The molecule has 0 aliphatic carbocycles. The zero-order valence-corrected chi connectivity index (χ0v) is 8.88. The highest BCUT2D eigenvalue weighted by Gasteiger charge is 2.30. The molecule has 0 aromatic carbocycles. The number of hydrogen-bond donors (Lipinski definition) is 0. The fourth-order valence-corrected chi connectivity index (χ4v) is 1.71. The van der Waals surface area contributed by atoms with Crippen molar-refractivity contribution in [3.63, 3.8) is 0 Å². The van der Waals surface area contributed by atoms with Gasteiger partial charge in [-0.25, -0.2) is 0 Å². The highest BCUT2D eigenvalue weighted by atomic mass is 16.5. The highest BCUT2D eigenvalue weighted by Crippen LogP contribution is 2.26. The quantitative estimate of drug-likeness (QED) is 0.619. The normalized spacial score (nSPS) is 22.9. The Morgan fingerprint density at radius 2 is 2.08 bits per heavy atom. The Bertz CT molecular complexity index is 154. The summed E-state index contributed by atoms with van der Waals surface area (Å²) < 4.78 is 5.87. The van der Waals surface area contributed by atoms with Crippen LogP contribution in [0.15, 0.2) is 12.7 Å². The van der Waals surface area contributed by atoms with Crippen LogP contribution in [0.3, 0.4) is 0 Å². The van der Waals surface area contributed by atoms with Crippen molar-refractivity contribution in [2.75, 3.05) is 26.7 Å². The highest BCUT2D eigenvalue weighted by molar-refractivity contribution is 5.00. The lowest BCUT2D eigenvalue weighted by atomic mass is 9.91. The van der Waals surface area contributed by atoms with Crippen LogP contribution in [0.5, 0.6) is 0 Å². The molecule has 0 spiro atoms. The molecular weight excluding hydrogens is 162 g/mol. The van der Waals surface area contributed by atoms with Gasteiger partial charge in [-0.1, -0.05) is 13.0 Å². The number of rotatable bonds is 4. The second-order valence-electron chi connectivity index (χ2n) is 3.92. The van der Waals surface area contributed by atoms with E-state index in [2.05, 4.69) is 25.5 Å². The predicted molar refractivity (Wildman–Crippen MR) is 55.9 cm³/mol. The van der Waals surface area contributed by atoms with Gasteiger partial charge in [-0.3, -0.25) is 0 Å². The van der Waals surface area contributed by atoms with Gasteiger partial charge in [0.25, 0.3) is 0 Å². The SMILES string of the molecule is C=CC1(OCCC)CCN(C)CC1. The molecule has 0 unspecified atom stereocenters. The summed E-state index contributed by atoms with van der Waals surface area (Å²) in [4.78, 5) is 2.34. The lowest BCUT2D eigenvalue weighted by molar-refractivity contribution is -0.0456. The molecule has 1 fully saturated rings. The first kappa shape index (κ1) is 10.7. The Morgan fingerprint density at radius 1 is 1.46 bits per heavy atom. The standard InChI is InChI=1S/C11H21NO/c1-4-10-13-11(5-2)6-8-12(3)9-7-11/h5H,2,4,6-10H2,1,3H3. The Hall–Kier alpha value is -0.340. The molecule has 0 aromatic heterocycles. The van der Waals surface area contributed by atoms with Crippen molar-refractivity contribution in [1.82, 2.24) is 4.90 Å². The Morgan fingerprint density at radius 3 is 2.54 bits per heavy atom. The van der Waals surface area contributed by atoms with Crippen LogP contribution in [0, 0.1) is 0 Å². The Balaban J connectivity index is 2.45. The van der Waals surface area contributed by atoms with Gasteiger partial charge in [-0.2, -0.15) is 0 Å². The summed E-state index contributed by atoms with van der Waals surface area (Å²) in [6, 6.07) is 0. The third-order valence-corrected chi connectivity index (χ3v) is 2.80. The molecule has 1 heterocycles. The van der Waals surface area contributed by atoms with E-state index in [0.717, 1.165) is 39.0 Å². The molecule has 0 saturated carbocycles. The summed E-state index contributed by atoms with van der Waals surface area (Å²) in [5.74, 6) is 0. The molecular formula is C11H21NO. The van der Waals surface area contributed by atoms with E-state index in [1.165, 1.54) is 0 Å². The topological polar surface area (TPSA) is 12.5 Å². The van der Waals surface area contributed by atoms with Crippen LogP contribution < -0.4 is 0 Å². The number of hydrogen-bond acceptors (Lipinski definition) is 2. The second kappa shape index (κ2) is 4.77. The zero-order chi connectivity index (χ0) is 9.73. The first-order valence-electron chi connectivity index (χ1n) is 5.18. The second-order valence-corrected chi connectivity index (χ2v) is 3.92. The van der Waals surface area contributed by atoms with Crippen LogP contribution in [-0.4, -0.2) is 37.2 Å². The van der Waals surface area contributed by atoms with Crippen molar-refractivity contribution in [1.29, 1.82) is 0 Å². The molecule has 1 aliphatic heterocycles. The molecule has 1 aliphatic rings. The molecule has 1 rings (SSSR count). The van der Waals surface area contributed by atoms with E-state index in [4.69, 9.17) is 4.74 Å². The van der Waals surface area contributed by atoms with E-state index in [1.54, 1.807) is 0 Å². The maximum absolute atomic E-state index is 5.87.